The lowest BCUT2D eigenvalue weighted by Crippen LogP contribution is -2.35. The first-order valence-electron chi connectivity index (χ1n) is 3.75. The average Bonchev–Trinajstić information content (AvgIpc) is 1.95. The minimum Gasteiger partial charge on any atom is -0.361 e. The Morgan fingerprint density at radius 1 is 1.58 bits per heavy atom. The molecule has 1 fully saturated rings. The first-order chi connectivity index (χ1) is 5.59. The van der Waals surface area contributed by atoms with Gasteiger partial charge in [0.15, 0.2) is 0 Å². The third-order valence-corrected chi connectivity index (χ3v) is 1.71. The number of amides is 2. The van der Waals surface area contributed by atoms with E-state index < -0.39 is 11.8 Å². The fraction of sp³-hybridized carbons (Fsp3) is 0.571. The van der Waals surface area contributed by atoms with Crippen LogP contribution < -0.4 is 11.2 Å². The summed E-state index contributed by atoms with van der Waals surface area (Å²) in [6.45, 7) is 2.09. The molecule has 1 aliphatic rings. The van der Waals surface area contributed by atoms with Crippen LogP contribution in [0.3, 0.4) is 0 Å². The van der Waals surface area contributed by atoms with Crippen molar-refractivity contribution in [2.45, 2.75) is 19.8 Å². The lowest BCUT2D eigenvalue weighted by atomic mass is 9.85. The molecule has 12 heavy (non-hydrogen) atoms. The van der Waals surface area contributed by atoms with Crippen molar-refractivity contribution in [3.05, 3.63) is 0 Å². The van der Waals surface area contributed by atoms with Crippen LogP contribution in [-0.4, -0.2) is 17.5 Å². The molecule has 0 saturated heterocycles. The highest BCUT2D eigenvalue weighted by atomic mass is 16.2. The summed E-state index contributed by atoms with van der Waals surface area (Å²) in [5, 5.41) is 3.72. The van der Waals surface area contributed by atoms with Crippen molar-refractivity contribution in [3.63, 3.8) is 0 Å². The molecule has 3 N–H and O–H groups in total. The summed E-state index contributed by atoms with van der Waals surface area (Å²) in [4.78, 5) is 20.8. The van der Waals surface area contributed by atoms with E-state index in [0.29, 0.717) is 5.92 Å². The Hall–Kier alpha value is -1.39. The molecule has 0 radical (unpaired) electrons. The van der Waals surface area contributed by atoms with E-state index >= 15 is 0 Å². The molecule has 0 bridgehead atoms. The molecule has 5 heteroatoms. The molecule has 0 spiro atoms. The zero-order chi connectivity index (χ0) is 9.14. The van der Waals surface area contributed by atoms with Gasteiger partial charge in [0.1, 0.15) is 0 Å². The molecule has 0 atom stereocenters. The summed E-state index contributed by atoms with van der Waals surface area (Å²) in [7, 11) is 0. The third kappa shape index (κ3) is 2.05. The smallest absolute Gasteiger partial charge is 0.329 e. The Morgan fingerprint density at radius 3 is 2.58 bits per heavy atom. The number of hydrogen-bond donors (Lipinski definition) is 2. The summed E-state index contributed by atoms with van der Waals surface area (Å²) in [5.41, 5.74) is 7.68. The van der Waals surface area contributed by atoms with Gasteiger partial charge in [-0.15, -0.1) is 0 Å². The van der Waals surface area contributed by atoms with Crippen molar-refractivity contribution < 1.29 is 9.59 Å². The number of carbonyl (C=O) groups is 2. The van der Waals surface area contributed by atoms with Gasteiger partial charge in [-0.25, -0.2) is 5.43 Å². The Labute approximate surface area is 70.0 Å². The molecule has 1 rings (SSSR count). The van der Waals surface area contributed by atoms with Gasteiger partial charge in [-0.3, -0.25) is 9.59 Å². The van der Waals surface area contributed by atoms with Crippen LogP contribution in [0, 0.1) is 5.92 Å². The second kappa shape index (κ2) is 3.34. The number of carbonyl (C=O) groups excluding carboxylic acids is 2. The van der Waals surface area contributed by atoms with Crippen molar-refractivity contribution in [3.8, 4) is 0 Å². The van der Waals surface area contributed by atoms with Crippen LogP contribution in [0.2, 0.25) is 0 Å². The SMILES string of the molecule is CC1CC(=NNC(=O)C(N)=O)C1. The second-order valence-electron chi connectivity index (χ2n) is 3.00. The van der Waals surface area contributed by atoms with Crippen LogP contribution in [0.25, 0.3) is 0 Å². The highest BCUT2D eigenvalue weighted by molar-refractivity contribution is 6.34. The number of primary amides is 1. The predicted molar refractivity (Wildman–Crippen MR) is 43.2 cm³/mol. The van der Waals surface area contributed by atoms with E-state index in [4.69, 9.17) is 0 Å². The first-order valence-corrected chi connectivity index (χ1v) is 3.75. The Kier molecular flexibility index (Phi) is 2.42. The van der Waals surface area contributed by atoms with Crippen molar-refractivity contribution in [2.24, 2.45) is 16.8 Å². The lowest BCUT2D eigenvalue weighted by Gasteiger charge is -2.22. The molecule has 0 unspecified atom stereocenters. The highest BCUT2D eigenvalue weighted by Gasteiger charge is 2.20. The summed E-state index contributed by atoms with van der Waals surface area (Å²) in [6.07, 6.45) is 1.78. The minimum atomic E-state index is -1.01. The summed E-state index contributed by atoms with van der Waals surface area (Å²) < 4.78 is 0. The number of hydrogen-bond acceptors (Lipinski definition) is 3. The van der Waals surface area contributed by atoms with Crippen LogP contribution in [0.5, 0.6) is 0 Å². The predicted octanol–water partition coefficient (Wildman–Crippen LogP) is -0.626. The zero-order valence-corrected chi connectivity index (χ0v) is 6.83. The second-order valence-corrected chi connectivity index (χ2v) is 3.00. The van der Waals surface area contributed by atoms with E-state index in [2.05, 4.69) is 23.2 Å². The van der Waals surface area contributed by atoms with Crippen LogP contribution in [0.4, 0.5) is 0 Å². The first kappa shape index (κ1) is 8.70. The van der Waals surface area contributed by atoms with Gasteiger partial charge in [0.25, 0.3) is 0 Å². The molecule has 66 valence electrons. The molecular weight excluding hydrogens is 158 g/mol. The fourth-order valence-corrected chi connectivity index (χ4v) is 1.02. The molecular formula is C7H11N3O2. The van der Waals surface area contributed by atoms with Gasteiger partial charge >= 0.3 is 11.8 Å². The molecule has 0 heterocycles. The summed E-state index contributed by atoms with van der Waals surface area (Å²) in [6, 6.07) is 0. The molecule has 0 aromatic heterocycles. The molecule has 0 aliphatic heterocycles. The van der Waals surface area contributed by atoms with Gasteiger partial charge in [0.2, 0.25) is 0 Å². The fourth-order valence-electron chi connectivity index (χ4n) is 1.02. The average molecular weight is 169 g/mol. The van der Waals surface area contributed by atoms with Crippen molar-refractivity contribution >= 4 is 17.5 Å². The number of rotatable bonds is 1. The monoisotopic (exact) mass is 169 g/mol. The largest absolute Gasteiger partial charge is 0.361 e. The Balaban J connectivity index is 2.30. The number of nitrogens with one attached hydrogen (secondary N) is 1. The van der Waals surface area contributed by atoms with Gasteiger partial charge in [0.05, 0.1) is 0 Å². The quantitative estimate of drug-likeness (QED) is 0.404. The highest BCUT2D eigenvalue weighted by Crippen LogP contribution is 2.22. The maximum absolute atomic E-state index is 10.6. The zero-order valence-electron chi connectivity index (χ0n) is 6.83. The van der Waals surface area contributed by atoms with Gasteiger partial charge in [0, 0.05) is 5.71 Å². The molecule has 2 amide bonds. The standard InChI is InChI=1S/C7H11N3O2/c1-4-2-5(3-4)9-10-7(12)6(8)11/h4H,2-3H2,1H3,(H2,8,11)(H,10,12). The maximum atomic E-state index is 10.6. The van der Waals surface area contributed by atoms with E-state index in [1.54, 1.807) is 0 Å². The van der Waals surface area contributed by atoms with E-state index in [1.807, 2.05) is 0 Å². The van der Waals surface area contributed by atoms with Crippen LogP contribution in [0.1, 0.15) is 19.8 Å². The van der Waals surface area contributed by atoms with Gasteiger partial charge in [-0.05, 0) is 18.8 Å². The normalized spacial score (nSPS) is 21.1. The summed E-state index contributed by atoms with van der Waals surface area (Å²) >= 11 is 0. The lowest BCUT2D eigenvalue weighted by molar-refractivity contribution is -0.137. The number of nitrogens with two attached hydrogens (primary N) is 1. The molecule has 1 aliphatic carbocycles. The van der Waals surface area contributed by atoms with Gasteiger partial charge < -0.3 is 5.73 Å². The molecule has 0 aromatic rings. The molecule has 0 aromatic carbocycles. The van der Waals surface area contributed by atoms with E-state index in [9.17, 15) is 9.59 Å². The van der Waals surface area contributed by atoms with Crippen LogP contribution in [0.15, 0.2) is 5.10 Å². The van der Waals surface area contributed by atoms with Gasteiger partial charge in [-0.2, -0.15) is 5.10 Å². The Morgan fingerprint density at radius 2 is 2.17 bits per heavy atom. The third-order valence-electron chi connectivity index (χ3n) is 1.71. The van der Waals surface area contributed by atoms with Crippen LogP contribution >= 0.6 is 0 Å². The van der Waals surface area contributed by atoms with Crippen LogP contribution in [-0.2, 0) is 9.59 Å². The van der Waals surface area contributed by atoms with Gasteiger partial charge in [-0.1, -0.05) is 6.92 Å². The number of hydrazone groups is 1. The van der Waals surface area contributed by atoms with Crippen molar-refractivity contribution in [2.75, 3.05) is 0 Å². The minimum absolute atomic E-state index is 0.634. The Bertz CT molecular complexity index is 239. The van der Waals surface area contributed by atoms with E-state index in [0.717, 1.165) is 18.6 Å². The topological polar surface area (TPSA) is 84.6 Å². The molecule has 5 nitrogen and oxygen atoms in total. The van der Waals surface area contributed by atoms with E-state index in [-0.39, 0.29) is 0 Å². The van der Waals surface area contributed by atoms with Crippen molar-refractivity contribution in [1.82, 2.24) is 5.43 Å². The van der Waals surface area contributed by atoms with E-state index in [1.165, 1.54) is 0 Å². The number of nitrogens with zero attached hydrogens (tertiary/aromatic N) is 1. The summed E-state index contributed by atoms with van der Waals surface area (Å²) in [5.74, 6) is -1.23. The van der Waals surface area contributed by atoms with Crippen molar-refractivity contribution in [1.29, 1.82) is 0 Å². The molecule has 1 saturated carbocycles. The maximum Gasteiger partial charge on any atom is 0.329 e.